The molecule has 4 heteroatoms. The van der Waals surface area contributed by atoms with Gasteiger partial charge < -0.3 is 19.5 Å². The van der Waals surface area contributed by atoms with Crippen LogP contribution >= 0.6 is 0 Å². The minimum absolute atomic E-state index is 0.215. The average Bonchev–Trinajstić information content (AvgIpc) is 2.80. The van der Waals surface area contributed by atoms with Crippen LogP contribution in [0, 0.1) is 5.92 Å². The molecule has 0 radical (unpaired) electrons. The monoisotopic (exact) mass is 257 g/mol. The SMILES string of the molecule is CCOC1CC(NCC2CCOC2CC)C1OC. The predicted octanol–water partition coefficient (Wildman–Crippen LogP) is 1.58. The molecule has 1 saturated heterocycles. The highest BCUT2D eigenvalue weighted by atomic mass is 16.5. The molecule has 18 heavy (non-hydrogen) atoms. The van der Waals surface area contributed by atoms with Crippen LogP contribution in [0.1, 0.15) is 33.1 Å². The van der Waals surface area contributed by atoms with Crippen molar-refractivity contribution in [3.8, 4) is 0 Å². The van der Waals surface area contributed by atoms with E-state index in [-0.39, 0.29) is 12.2 Å². The molecule has 2 aliphatic rings. The third-order valence-corrected chi connectivity index (χ3v) is 4.29. The lowest BCUT2D eigenvalue weighted by Crippen LogP contribution is -2.60. The Bertz CT molecular complexity index is 249. The van der Waals surface area contributed by atoms with Gasteiger partial charge in [-0.05, 0) is 32.1 Å². The molecule has 5 atom stereocenters. The largest absolute Gasteiger partial charge is 0.378 e. The third kappa shape index (κ3) is 3.05. The van der Waals surface area contributed by atoms with Crippen LogP contribution in [0.25, 0.3) is 0 Å². The van der Waals surface area contributed by atoms with Gasteiger partial charge in [-0.25, -0.2) is 0 Å². The van der Waals surface area contributed by atoms with Gasteiger partial charge in [0.1, 0.15) is 0 Å². The number of rotatable bonds is 7. The first-order chi connectivity index (χ1) is 8.80. The van der Waals surface area contributed by atoms with Crippen molar-refractivity contribution in [1.82, 2.24) is 5.32 Å². The minimum Gasteiger partial charge on any atom is -0.378 e. The number of nitrogens with one attached hydrogen (secondary N) is 1. The lowest BCUT2D eigenvalue weighted by atomic mass is 9.84. The topological polar surface area (TPSA) is 39.7 Å². The quantitative estimate of drug-likeness (QED) is 0.752. The highest BCUT2D eigenvalue weighted by Crippen LogP contribution is 2.28. The highest BCUT2D eigenvalue weighted by Gasteiger charge is 2.42. The molecule has 1 N–H and O–H groups in total. The number of ether oxygens (including phenoxy) is 3. The number of hydrogen-bond donors (Lipinski definition) is 1. The molecule has 1 heterocycles. The van der Waals surface area contributed by atoms with Crippen molar-refractivity contribution in [3.05, 3.63) is 0 Å². The van der Waals surface area contributed by atoms with Crippen LogP contribution in [-0.4, -0.2) is 51.2 Å². The molecule has 2 fully saturated rings. The van der Waals surface area contributed by atoms with E-state index in [0.29, 0.717) is 18.1 Å². The van der Waals surface area contributed by atoms with Crippen LogP contribution in [0.5, 0.6) is 0 Å². The molecule has 0 spiro atoms. The van der Waals surface area contributed by atoms with E-state index in [1.54, 1.807) is 7.11 Å². The molecular weight excluding hydrogens is 230 g/mol. The Morgan fingerprint density at radius 2 is 2.17 bits per heavy atom. The summed E-state index contributed by atoms with van der Waals surface area (Å²) in [6.45, 7) is 6.98. The Balaban J connectivity index is 1.71. The fourth-order valence-corrected chi connectivity index (χ4v) is 3.15. The van der Waals surface area contributed by atoms with Gasteiger partial charge in [0.25, 0.3) is 0 Å². The first-order valence-electron chi connectivity index (χ1n) is 7.29. The standard InChI is InChI=1S/C14H27NO3/c1-4-12-10(6-7-18-12)9-15-11-8-13(17-5-2)14(11)16-3/h10-15H,4-9H2,1-3H3. The van der Waals surface area contributed by atoms with E-state index in [0.717, 1.165) is 32.6 Å². The van der Waals surface area contributed by atoms with Gasteiger partial charge in [-0.2, -0.15) is 0 Å². The van der Waals surface area contributed by atoms with Gasteiger partial charge >= 0.3 is 0 Å². The van der Waals surface area contributed by atoms with Crippen molar-refractivity contribution >= 4 is 0 Å². The van der Waals surface area contributed by atoms with Gasteiger partial charge in [0, 0.05) is 32.9 Å². The summed E-state index contributed by atoms with van der Waals surface area (Å²) in [6.07, 6.45) is 4.31. The first-order valence-corrected chi connectivity index (χ1v) is 7.29. The lowest BCUT2D eigenvalue weighted by molar-refractivity contribution is -0.131. The van der Waals surface area contributed by atoms with Crippen LogP contribution in [0.3, 0.4) is 0 Å². The average molecular weight is 257 g/mol. The predicted molar refractivity (Wildman–Crippen MR) is 70.8 cm³/mol. The summed E-state index contributed by atoms with van der Waals surface area (Å²) in [5.41, 5.74) is 0. The number of methoxy groups -OCH3 is 1. The summed E-state index contributed by atoms with van der Waals surface area (Å²) in [6, 6.07) is 0.449. The molecule has 1 saturated carbocycles. The Morgan fingerprint density at radius 3 is 2.83 bits per heavy atom. The van der Waals surface area contributed by atoms with Gasteiger partial charge in [0.15, 0.2) is 0 Å². The summed E-state index contributed by atoms with van der Waals surface area (Å²) in [7, 11) is 1.78. The second kappa shape index (κ2) is 6.85. The summed E-state index contributed by atoms with van der Waals surface area (Å²) in [4.78, 5) is 0. The van der Waals surface area contributed by atoms with Crippen molar-refractivity contribution in [2.75, 3.05) is 26.9 Å². The zero-order valence-corrected chi connectivity index (χ0v) is 11.9. The Morgan fingerprint density at radius 1 is 1.33 bits per heavy atom. The molecule has 0 aromatic rings. The zero-order valence-electron chi connectivity index (χ0n) is 11.9. The molecule has 5 unspecified atom stereocenters. The normalized spacial score (nSPS) is 39.8. The summed E-state index contributed by atoms with van der Waals surface area (Å²) >= 11 is 0. The van der Waals surface area contributed by atoms with E-state index in [1.807, 2.05) is 6.92 Å². The maximum absolute atomic E-state index is 5.72. The fourth-order valence-electron chi connectivity index (χ4n) is 3.15. The molecule has 0 amide bonds. The van der Waals surface area contributed by atoms with Gasteiger partial charge in [-0.3, -0.25) is 0 Å². The Kier molecular flexibility index (Phi) is 5.42. The Labute approximate surface area is 110 Å². The van der Waals surface area contributed by atoms with Gasteiger partial charge in [0.2, 0.25) is 0 Å². The molecule has 1 aliphatic heterocycles. The second-order valence-electron chi connectivity index (χ2n) is 5.31. The second-order valence-corrected chi connectivity index (χ2v) is 5.31. The summed E-state index contributed by atoms with van der Waals surface area (Å²) < 4.78 is 16.9. The van der Waals surface area contributed by atoms with E-state index >= 15 is 0 Å². The third-order valence-electron chi connectivity index (χ3n) is 4.29. The van der Waals surface area contributed by atoms with Crippen LogP contribution in [-0.2, 0) is 14.2 Å². The maximum atomic E-state index is 5.72. The smallest absolute Gasteiger partial charge is 0.0986 e. The van der Waals surface area contributed by atoms with Crippen LogP contribution in [0.4, 0.5) is 0 Å². The van der Waals surface area contributed by atoms with Crippen molar-refractivity contribution in [3.63, 3.8) is 0 Å². The van der Waals surface area contributed by atoms with E-state index < -0.39 is 0 Å². The van der Waals surface area contributed by atoms with E-state index in [9.17, 15) is 0 Å². The van der Waals surface area contributed by atoms with Crippen molar-refractivity contribution in [2.45, 2.75) is 57.5 Å². The fraction of sp³-hybridized carbons (Fsp3) is 1.00. The molecule has 1 aliphatic carbocycles. The van der Waals surface area contributed by atoms with E-state index in [2.05, 4.69) is 12.2 Å². The lowest BCUT2D eigenvalue weighted by Gasteiger charge is -2.44. The molecule has 0 aromatic carbocycles. The van der Waals surface area contributed by atoms with Crippen molar-refractivity contribution < 1.29 is 14.2 Å². The summed E-state index contributed by atoms with van der Waals surface area (Å²) in [5, 5.41) is 3.63. The molecule has 106 valence electrons. The van der Waals surface area contributed by atoms with Crippen LogP contribution < -0.4 is 5.32 Å². The molecule has 0 aromatic heterocycles. The van der Waals surface area contributed by atoms with E-state index in [4.69, 9.17) is 14.2 Å². The zero-order chi connectivity index (χ0) is 13.0. The Hall–Kier alpha value is -0.160. The van der Waals surface area contributed by atoms with Crippen molar-refractivity contribution in [2.24, 2.45) is 5.92 Å². The summed E-state index contributed by atoms with van der Waals surface area (Å²) in [5.74, 6) is 0.665. The van der Waals surface area contributed by atoms with Gasteiger partial charge in [0.05, 0.1) is 18.3 Å². The molecular formula is C14H27NO3. The van der Waals surface area contributed by atoms with Crippen molar-refractivity contribution in [1.29, 1.82) is 0 Å². The van der Waals surface area contributed by atoms with Gasteiger partial charge in [-0.15, -0.1) is 0 Å². The number of hydrogen-bond acceptors (Lipinski definition) is 4. The first kappa shape index (κ1) is 14.3. The van der Waals surface area contributed by atoms with Gasteiger partial charge in [-0.1, -0.05) is 6.92 Å². The van der Waals surface area contributed by atoms with Crippen LogP contribution in [0.2, 0.25) is 0 Å². The molecule has 2 rings (SSSR count). The highest BCUT2D eigenvalue weighted by molar-refractivity contribution is 4.97. The minimum atomic E-state index is 0.215. The molecule has 0 bridgehead atoms. The van der Waals surface area contributed by atoms with Crippen LogP contribution in [0.15, 0.2) is 0 Å². The maximum Gasteiger partial charge on any atom is 0.0986 e. The van der Waals surface area contributed by atoms with E-state index in [1.165, 1.54) is 6.42 Å². The molecule has 4 nitrogen and oxygen atoms in total.